The van der Waals surface area contributed by atoms with Crippen molar-refractivity contribution in [1.29, 1.82) is 0 Å². The first kappa shape index (κ1) is 15.9. The second kappa shape index (κ2) is 6.98. The zero-order valence-corrected chi connectivity index (χ0v) is 13.1. The highest BCUT2D eigenvalue weighted by Crippen LogP contribution is 2.17. The maximum atomic E-state index is 10.6. The number of carboxylic acids is 1. The van der Waals surface area contributed by atoms with Crippen molar-refractivity contribution in [2.24, 2.45) is 0 Å². The number of aliphatic carboxylic acids is 1. The minimum Gasteiger partial charge on any atom is -0.478 e. The van der Waals surface area contributed by atoms with Gasteiger partial charge in [-0.15, -0.1) is 0 Å². The molecule has 0 aliphatic rings. The molecule has 1 aromatic heterocycles. The second-order valence-corrected chi connectivity index (χ2v) is 5.13. The van der Waals surface area contributed by atoms with Gasteiger partial charge in [-0.1, -0.05) is 32.1 Å². The summed E-state index contributed by atoms with van der Waals surface area (Å²) in [6.07, 6.45) is 6.60. The fourth-order valence-electron chi connectivity index (χ4n) is 2.28. The van der Waals surface area contributed by atoms with Crippen molar-refractivity contribution in [3.63, 3.8) is 0 Å². The number of allylic oxidation sites excluding steroid dienone is 2. The van der Waals surface area contributed by atoms with Crippen LogP contribution in [0.2, 0.25) is 0 Å². The Kier molecular flexibility index (Phi) is 5.04. The molecule has 114 valence electrons. The molecule has 0 unspecified atom stereocenters. The van der Waals surface area contributed by atoms with Crippen LogP contribution in [-0.2, 0) is 17.6 Å². The smallest absolute Gasteiger partial charge is 0.328 e. The molecule has 2 rings (SSSR count). The zero-order chi connectivity index (χ0) is 16.1. The lowest BCUT2D eigenvalue weighted by molar-refractivity contribution is -0.131. The van der Waals surface area contributed by atoms with Crippen LogP contribution >= 0.6 is 0 Å². The number of aromatic nitrogens is 2. The van der Waals surface area contributed by atoms with Crippen LogP contribution in [0, 0.1) is 0 Å². The first-order chi connectivity index (χ1) is 10.5. The van der Waals surface area contributed by atoms with Crippen molar-refractivity contribution in [3.05, 3.63) is 52.9 Å². The van der Waals surface area contributed by atoms with E-state index in [9.17, 15) is 4.79 Å². The molecule has 1 heterocycles. The van der Waals surface area contributed by atoms with Crippen molar-refractivity contribution >= 4 is 23.1 Å². The Morgan fingerprint density at radius 2 is 1.77 bits per heavy atom. The molecule has 0 atom stereocenters. The van der Waals surface area contributed by atoms with Gasteiger partial charge in [0.25, 0.3) is 0 Å². The lowest BCUT2D eigenvalue weighted by Crippen LogP contribution is -2.00. The van der Waals surface area contributed by atoms with Crippen molar-refractivity contribution < 1.29 is 9.90 Å². The molecule has 22 heavy (non-hydrogen) atoms. The average molecular weight is 296 g/mol. The van der Waals surface area contributed by atoms with E-state index in [-0.39, 0.29) is 0 Å². The van der Waals surface area contributed by atoms with Crippen molar-refractivity contribution in [1.82, 2.24) is 9.97 Å². The highest BCUT2D eigenvalue weighted by atomic mass is 16.4. The lowest BCUT2D eigenvalue weighted by atomic mass is 10.1. The van der Waals surface area contributed by atoms with E-state index in [0.29, 0.717) is 5.57 Å². The second-order valence-electron chi connectivity index (χ2n) is 5.13. The Hall–Kier alpha value is -2.49. The maximum Gasteiger partial charge on any atom is 0.328 e. The number of nitrogens with zero attached hydrogens (tertiary/aromatic N) is 2. The summed E-state index contributed by atoms with van der Waals surface area (Å²) in [5, 5.41) is 8.70. The molecule has 1 N–H and O–H groups in total. The predicted molar refractivity (Wildman–Crippen MR) is 88.7 cm³/mol. The van der Waals surface area contributed by atoms with Crippen LogP contribution in [0.3, 0.4) is 0 Å². The number of aryl methyl sites for hydroxylation is 2. The topological polar surface area (TPSA) is 63.1 Å². The van der Waals surface area contributed by atoms with Gasteiger partial charge in [0.05, 0.1) is 22.4 Å². The molecule has 4 nitrogen and oxygen atoms in total. The lowest BCUT2D eigenvalue weighted by Gasteiger charge is -2.07. The molecule has 0 aliphatic heterocycles. The molecular formula is C18H20N2O2. The number of rotatable bonds is 5. The Bertz CT molecular complexity index is 761. The molecule has 0 spiro atoms. The minimum atomic E-state index is -0.939. The van der Waals surface area contributed by atoms with E-state index in [2.05, 4.69) is 18.8 Å². The summed E-state index contributed by atoms with van der Waals surface area (Å²) in [6.45, 7) is 5.93. The average Bonchev–Trinajstić information content (AvgIpc) is 2.50. The molecule has 0 fully saturated rings. The summed E-state index contributed by atoms with van der Waals surface area (Å²) in [4.78, 5) is 20.0. The number of carboxylic acid groups (broad SMARTS) is 1. The molecular weight excluding hydrogens is 276 g/mol. The van der Waals surface area contributed by atoms with Crippen LogP contribution in [0.25, 0.3) is 17.1 Å². The molecule has 0 amide bonds. The molecule has 0 saturated carbocycles. The largest absolute Gasteiger partial charge is 0.478 e. The Morgan fingerprint density at radius 1 is 1.14 bits per heavy atom. The van der Waals surface area contributed by atoms with Crippen molar-refractivity contribution in [3.8, 4) is 0 Å². The first-order valence-electron chi connectivity index (χ1n) is 7.42. The fraction of sp³-hybridized carbons (Fsp3) is 0.278. The molecule has 0 radical (unpaired) electrons. The van der Waals surface area contributed by atoms with Crippen LogP contribution in [0.5, 0.6) is 0 Å². The Balaban J connectivity index is 2.38. The van der Waals surface area contributed by atoms with Gasteiger partial charge in [0.15, 0.2) is 0 Å². The van der Waals surface area contributed by atoms with Crippen LogP contribution < -0.4 is 0 Å². The maximum absolute atomic E-state index is 10.6. The van der Waals surface area contributed by atoms with Crippen LogP contribution in [-0.4, -0.2) is 21.0 Å². The van der Waals surface area contributed by atoms with E-state index in [0.717, 1.165) is 40.8 Å². The molecule has 0 aliphatic carbocycles. The van der Waals surface area contributed by atoms with Gasteiger partial charge >= 0.3 is 5.97 Å². The van der Waals surface area contributed by atoms with Crippen LogP contribution in [0.1, 0.15) is 37.7 Å². The third-order valence-corrected chi connectivity index (χ3v) is 3.40. The Labute approximate surface area is 130 Å². The number of carbonyl (C=O) groups is 1. The summed E-state index contributed by atoms with van der Waals surface area (Å²) in [7, 11) is 0. The fourth-order valence-corrected chi connectivity index (χ4v) is 2.28. The van der Waals surface area contributed by atoms with E-state index < -0.39 is 5.97 Å². The van der Waals surface area contributed by atoms with Gasteiger partial charge in [0.2, 0.25) is 0 Å². The van der Waals surface area contributed by atoms with Crippen LogP contribution in [0.4, 0.5) is 0 Å². The molecule has 2 aromatic rings. The monoisotopic (exact) mass is 296 g/mol. The van der Waals surface area contributed by atoms with Gasteiger partial charge in [-0.2, -0.15) is 0 Å². The highest BCUT2D eigenvalue weighted by molar-refractivity contribution is 5.82. The van der Waals surface area contributed by atoms with Gasteiger partial charge < -0.3 is 5.11 Å². The minimum absolute atomic E-state index is 0.689. The van der Waals surface area contributed by atoms with Crippen molar-refractivity contribution in [2.75, 3.05) is 0 Å². The van der Waals surface area contributed by atoms with Gasteiger partial charge in [0.1, 0.15) is 0 Å². The summed E-state index contributed by atoms with van der Waals surface area (Å²) in [6, 6.07) is 5.90. The summed E-state index contributed by atoms with van der Waals surface area (Å²) >= 11 is 0. The summed E-state index contributed by atoms with van der Waals surface area (Å²) < 4.78 is 0. The molecule has 0 bridgehead atoms. The molecule has 1 aromatic carbocycles. The normalized spacial score (nSPS) is 12.2. The van der Waals surface area contributed by atoms with E-state index in [1.165, 1.54) is 6.08 Å². The Morgan fingerprint density at radius 3 is 2.36 bits per heavy atom. The molecule has 0 saturated heterocycles. The van der Waals surface area contributed by atoms with E-state index in [1.54, 1.807) is 13.0 Å². The number of benzene rings is 1. The van der Waals surface area contributed by atoms with Gasteiger partial charge in [-0.25, -0.2) is 14.8 Å². The first-order valence-corrected chi connectivity index (χ1v) is 7.42. The summed E-state index contributed by atoms with van der Waals surface area (Å²) in [5.74, 6) is -0.939. The van der Waals surface area contributed by atoms with E-state index in [4.69, 9.17) is 10.1 Å². The van der Waals surface area contributed by atoms with E-state index in [1.807, 2.05) is 24.3 Å². The summed E-state index contributed by atoms with van der Waals surface area (Å²) in [5.41, 5.74) is 5.53. The van der Waals surface area contributed by atoms with Gasteiger partial charge in [-0.3, -0.25) is 0 Å². The van der Waals surface area contributed by atoms with Gasteiger partial charge in [0, 0.05) is 6.08 Å². The van der Waals surface area contributed by atoms with Crippen molar-refractivity contribution in [2.45, 2.75) is 33.6 Å². The zero-order valence-electron chi connectivity index (χ0n) is 13.1. The third kappa shape index (κ3) is 3.79. The standard InChI is InChI=1S/C18H20N2O2/c1-4-14-15(5-2)20-17-11-13(8-9-16(17)19-14)7-6-12(3)10-18(21)22/h6-11H,4-5H2,1-3H3,(H,21,22)/b7-6+,12-10+. The molecule has 4 heteroatoms. The van der Waals surface area contributed by atoms with E-state index >= 15 is 0 Å². The number of hydrogen-bond acceptors (Lipinski definition) is 3. The SMILES string of the molecule is CCc1nc2ccc(/C=C/C(C)=C/C(=O)O)cc2nc1CC. The number of hydrogen-bond donors (Lipinski definition) is 1. The van der Waals surface area contributed by atoms with Crippen LogP contribution in [0.15, 0.2) is 35.9 Å². The third-order valence-electron chi connectivity index (χ3n) is 3.40. The quantitative estimate of drug-likeness (QED) is 0.673. The van der Waals surface area contributed by atoms with Gasteiger partial charge in [-0.05, 0) is 43.0 Å². The highest BCUT2D eigenvalue weighted by Gasteiger charge is 2.05. The predicted octanol–water partition coefficient (Wildman–Crippen LogP) is 3.80. The number of fused-ring (bicyclic) bond motifs is 1.